The molecule has 164 valence electrons. The van der Waals surface area contributed by atoms with Crippen LogP contribution in [-0.2, 0) is 0 Å². The van der Waals surface area contributed by atoms with Gasteiger partial charge in [-0.25, -0.2) is 4.98 Å². The summed E-state index contributed by atoms with van der Waals surface area (Å²) in [5.74, 6) is 1.09. The number of halogens is 2. The third-order valence-corrected chi connectivity index (χ3v) is 6.91. The predicted octanol–water partition coefficient (Wildman–Crippen LogP) is 7.04. The predicted molar refractivity (Wildman–Crippen MR) is 135 cm³/mol. The molecule has 0 bridgehead atoms. The average molecular weight is 503 g/mol. The van der Waals surface area contributed by atoms with E-state index in [4.69, 9.17) is 23.2 Å². The van der Waals surface area contributed by atoms with E-state index in [0.717, 1.165) is 29.2 Å². The van der Waals surface area contributed by atoms with Gasteiger partial charge >= 0.3 is 0 Å². The lowest BCUT2D eigenvalue weighted by molar-refractivity contribution is 0.785. The molecule has 32 heavy (non-hydrogen) atoms. The summed E-state index contributed by atoms with van der Waals surface area (Å²) in [7, 11) is 0. The van der Waals surface area contributed by atoms with Crippen molar-refractivity contribution in [3.63, 3.8) is 0 Å². The van der Waals surface area contributed by atoms with Crippen LogP contribution in [0.5, 0.6) is 0 Å². The van der Waals surface area contributed by atoms with Crippen molar-refractivity contribution in [2.45, 2.75) is 23.9 Å². The van der Waals surface area contributed by atoms with Crippen LogP contribution in [0.25, 0.3) is 11.3 Å². The first kappa shape index (κ1) is 22.8. The van der Waals surface area contributed by atoms with E-state index >= 15 is 0 Å². The molecule has 0 aliphatic carbocycles. The number of nitrogens with zero attached hydrogens (tertiary/aromatic N) is 5. The van der Waals surface area contributed by atoms with E-state index in [1.54, 1.807) is 12.1 Å². The maximum Gasteiger partial charge on any atom is 0.234 e. The van der Waals surface area contributed by atoms with Crippen LogP contribution in [0.3, 0.4) is 0 Å². The lowest BCUT2D eigenvalue weighted by Gasteiger charge is -2.19. The van der Waals surface area contributed by atoms with Gasteiger partial charge in [0.15, 0.2) is 10.3 Å². The number of thiazole rings is 1. The topological polar surface area (TPSA) is 66.8 Å². The summed E-state index contributed by atoms with van der Waals surface area (Å²) in [5.41, 5.74) is 1.69. The number of hydrogen-bond donors (Lipinski definition) is 1. The highest BCUT2D eigenvalue weighted by Gasteiger charge is 2.14. The quantitative estimate of drug-likeness (QED) is 0.277. The molecule has 0 saturated heterocycles. The van der Waals surface area contributed by atoms with E-state index in [0.29, 0.717) is 32.2 Å². The van der Waals surface area contributed by atoms with Crippen LogP contribution in [-0.4, -0.2) is 33.0 Å². The Balaban J connectivity index is 1.62. The number of hydrogen-bond acceptors (Lipinski definition) is 8. The molecule has 0 amide bonds. The molecule has 4 aromatic rings. The van der Waals surface area contributed by atoms with Gasteiger partial charge in [0, 0.05) is 28.9 Å². The van der Waals surface area contributed by atoms with Crippen LogP contribution in [0.15, 0.2) is 64.0 Å². The maximum absolute atomic E-state index is 6.15. The Kier molecular flexibility index (Phi) is 7.47. The van der Waals surface area contributed by atoms with Crippen molar-refractivity contribution >= 4 is 63.3 Å². The minimum absolute atomic E-state index is 0.454. The molecular weight excluding hydrogens is 483 g/mol. The van der Waals surface area contributed by atoms with Gasteiger partial charge in [-0.1, -0.05) is 47.5 Å². The van der Waals surface area contributed by atoms with E-state index < -0.39 is 0 Å². The Bertz CT molecular complexity index is 1200. The minimum Gasteiger partial charge on any atom is -0.341 e. The van der Waals surface area contributed by atoms with Gasteiger partial charge in [-0.3, -0.25) is 5.32 Å². The van der Waals surface area contributed by atoms with Gasteiger partial charge in [0.05, 0.1) is 15.7 Å². The molecule has 0 radical (unpaired) electrons. The standard InChI is InChI=1S/C22H20Cl2N6S2/c1-3-30(4-2)20-26-19(28-22(29-20)32-15-8-6-5-7-9-15)27-21-25-18(13-31-21)14-10-11-16(23)17(24)12-14/h5-13H,3-4H2,1-2H3,(H,25,26,27,28,29). The first-order valence-electron chi connectivity index (χ1n) is 9.97. The third kappa shape index (κ3) is 5.50. The molecule has 2 aromatic carbocycles. The Morgan fingerprint density at radius 3 is 2.44 bits per heavy atom. The number of aromatic nitrogens is 4. The van der Waals surface area contributed by atoms with Gasteiger partial charge in [-0.05, 0) is 49.9 Å². The molecule has 0 aliphatic rings. The highest BCUT2D eigenvalue weighted by molar-refractivity contribution is 7.99. The molecular formula is C22H20Cl2N6S2. The summed E-state index contributed by atoms with van der Waals surface area (Å²) in [6, 6.07) is 15.5. The lowest BCUT2D eigenvalue weighted by Crippen LogP contribution is -2.25. The molecule has 0 atom stereocenters. The van der Waals surface area contributed by atoms with E-state index in [1.807, 2.05) is 41.8 Å². The largest absolute Gasteiger partial charge is 0.341 e. The second-order valence-corrected chi connectivity index (χ2v) is 9.33. The zero-order valence-electron chi connectivity index (χ0n) is 17.4. The normalized spacial score (nSPS) is 10.9. The molecule has 1 N–H and O–H groups in total. The fourth-order valence-electron chi connectivity index (χ4n) is 2.90. The van der Waals surface area contributed by atoms with Crippen molar-refractivity contribution in [2.24, 2.45) is 0 Å². The van der Waals surface area contributed by atoms with Crippen molar-refractivity contribution in [2.75, 3.05) is 23.3 Å². The summed E-state index contributed by atoms with van der Waals surface area (Å²) in [4.78, 5) is 21.7. The molecule has 2 heterocycles. The van der Waals surface area contributed by atoms with Gasteiger partial charge < -0.3 is 4.90 Å². The van der Waals surface area contributed by atoms with Crippen molar-refractivity contribution in [3.8, 4) is 11.3 Å². The lowest BCUT2D eigenvalue weighted by atomic mass is 10.2. The van der Waals surface area contributed by atoms with Crippen molar-refractivity contribution < 1.29 is 0 Å². The van der Waals surface area contributed by atoms with Crippen LogP contribution >= 0.6 is 46.3 Å². The smallest absolute Gasteiger partial charge is 0.234 e. The number of anilines is 3. The molecule has 0 aliphatic heterocycles. The molecule has 4 rings (SSSR count). The Labute approximate surface area is 205 Å². The number of nitrogens with one attached hydrogen (secondary N) is 1. The molecule has 0 fully saturated rings. The second-order valence-electron chi connectivity index (χ2n) is 6.62. The zero-order valence-corrected chi connectivity index (χ0v) is 20.6. The van der Waals surface area contributed by atoms with Gasteiger partial charge in [-0.2, -0.15) is 15.0 Å². The minimum atomic E-state index is 0.454. The van der Waals surface area contributed by atoms with E-state index in [1.165, 1.54) is 23.1 Å². The molecule has 0 spiro atoms. The highest BCUT2D eigenvalue weighted by atomic mass is 35.5. The van der Waals surface area contributed by atoms with Crippen LogP contribution in [0.1, 0.15) is 13.8 Å². The average Bonchev–Trinajstić information content (AvgIpc) is 3.25. The third-order valence-electron chi connectivity index (χ3n) is 4.54. The van der Waals surface area contributed by atoms with Gasteiger partial charge in [0.1, 0.15) is 0 Å². The van der Waals surface area contributed by atoms with Crippen molar-refractivity contribution in [1.29, 1.82) is 0 Å². The van der Waals surface area contributed by atoms with E-state index in [9.17, 15) is 0 Å². The fraction of sp³-hybridized carbons (Fsp3) is 0.182. The van der Waals surface area contributed by atoms with Crippen LogP contribution in [0.4, 0.5) is 17.0 Å². The summed E-state index contributed by atoms with van der Waals surface area (Å²) < 4.78 is 0. The second kappa shape index (κ2) is 10.5. The highest BCUT2D eigenvalue weighted by Crippen LogP contribution is 2.32. The van der Waals surface area contributed by atoms with E-state index in [-0.39, 0.29) is 0 Å². The molecule has 10 heteroatoms. The monoisotopic (exact) mass is 502 g/mol. The zero-order chi connectivity index (χ0) is 22.5. The summed E-state index contributed by atoms with van der Waals surface area (Å²) in [6.45, 7) is 5.76. The summed E-state index contributed by atoms with van der Waals surface area (Å²) in [6.07, 6.45) is 0. The molecule has 0 unspecified atom stereocenters. The number of rotatable bonds is 8. The molecule has 0 saturated carbocycles. The van der Waals surface area contributed by atoms with E-state index in [2.05, 4.69) is 44.0 Å². The fourth-order valence-corrected chi connectivity index (χ4v) is 4.68. The SMILES string of the molecule is CCN(CC)c1nc(Nc2nc(-c3ccc(Cl)c(Cl)c3)cs2)nc(Sc2ccccc2)n1. The first-order chi connectivity index (χ1) is 15.6. The van der Waals surface area contributed by atoms with Gasteiger partial charge in [-0.15, -0.1) is 11.3 Å². The van der Waals surface area contributed by atoms with Crippen LogP contribution < -0.4 is 10.2 Å². The summed E-state index contributed by atoms with van der Waals surface area (Å²) >= 11 is 15.1. The number of benzene rings is 2. The molecule has 2 aromatic heterocycles. The van der Waals surface area contributed by atoms with Crippen LogP contribution in [0.2, 0.25) is 10.0 Å². The van der Waals surface area contributed by atoms with Crippen LogP contribution in [0, 0.1) is 0 Å². The van der Waals surface area contributed by atoms with Crippen molar-refractivity contribution in [3.05, 3.63) is 64.0 Å². The Morgan fingerprint density at radius 2 is 1.72 bits per heavy atom. The van der Waals surface area contributed by atoms with Gasteiger partial charge in [0.25, 0.3) is 0 Å². The summed E-state index contributed by atoms with van der Waals surface area (Å²) in [5, 5.41) is 7.50. The Hall–Kier alpha value is -2.39. The van der Waals surface area contributed by atoms with Gasteiger partial charge in [0.2, 0.25) is 11.9 Å². The maximum atomic E-state index is 6.15. The van der Waals surface area contributed by atoms with Crippen molar-refractivity contribution in [1.82, 2.24) is 19.9 Å². The molecule has 6 nitrogen and oxygen atoms in total. The Morgan fingerprint density at radius 1 is 0.938 bits per heavy atom. The first-order valence-corrected chi connectivity index (χ1v) is 12.4.